The molecule has 2 aromatic rings. The molecule has 1 aliphatic heterocycles. The maximum Gasteiger partial charge on any atom is 0.317 e. The molecule has 2 aliphatic rings. The molecule has 1 aromatic heterocycles. The van der Waals surface area contributed by atoms with Gasteiger partial charge in [0.1, 0.15) is 0 Å². The average Bonchev–Trinajstić information content (AvgIpc) is 3.15. The van der Waals surface area contributed by atoms with E-state index >= 15 is 0 Å². The third-order valence-corrected chi connectivity index (χ3v) is 5.76. The molecule has 0 spiro atoms. The van der Waals surface area contributed by atoms with Crippen LogP contribution in [0.2, 0.25) is 0 Å². The fourth-order valence-electron chi connectivity index (χ4n) is 3.98. The largest absolute Gasteiger partial charge is 0.334 e. The number of rotatable bonds is 4. The summed E-state index contributed by atoms with van der Waals surface area (Å²) >= 11 is 0. The van der Waals surface area contributed by atoms with Gasteiger partial charge in [-0.3, -0.25) is 0 Å². The van der Waals surface area contributed by atoms with Crippen molar-refractivity contribution in [2.24, 2.45) is 5.92 Å². The molecule has 0 radical (unpaired) electrons. The SMILES string of the molecule is O=C(NC(c1ccccc1)C1CCC1)N1CCC(n2ccnc2)CC1. The molecule has 1 saturated carbocycles. The maximum atomic E-state index is 12.8. The van der Waals surface area contributed by atoms with E-state index < -0.39 is 0 Å². The molecule has 2 amide bonds. The third kappa shape index (κ3) is 3.55. The van der Waals surface area contributed by atoms with Crippen molar-refractivity contribution < 1.29 is 4.79 Å². The van der Waals surface area contributed by atoms with Crippen LogP contribution in [0.15, 0.2) is 49.1 Å². The van der Waals surface area contributed by atoms with Crippen LogP contribution in [0.4, 0.5) is 4.79 Å². The summed E-state index contributed by atoms with van der Waals surface area (Å²) in [5.74, 6) is 0.579. The number of imidazole rings is 1. The predicted molar refractivity (Wildman–Crippen MR) is 97.1 cm³/mol. The normalized spacial score (nSPS) is 20.1. The Bertz CT molecular complexity index is 673. The zero-order chi connectivity index (χ0) is 17.1. The highest BCUT2D eigenvalue weighted by Crippen LogP contribution is 2.37. The number of nitrogens with zero attached hydrogens (tertiary/aromatic N) is 3. The first-order valence-electron chi connectivity index (χ1n) is 9.39. The molecular formula is C20H26N4O. The fourth-order valence-corrected chi connectivity index (χ4v) is 3.98. The first kappa shape index (κ1) is 16.2. The van der Waals surface area contributed by atoms with Gasteiger partial charge in [0.15, 0.2) is 0 Å². The molecule has 1 atom stereocenters. The van der Waals surface area contributed by atoms with Crippen LogP contribution in [-0.4, -0.2) is 33.6 Å². The molecule has 5 heteroatoms. The molecule has 1 unspecified atom stereocenters. The number of carbonyl (C=O) groups excluding carboxylic acids is 1. The Kier molecular flexibility index (Phi) is 4.72. The van der Waals surface area contributed by atoms with Gasteiger partial charge in [0.25, 0.3) is 0 Å². The van der Waals surface area contributed by atoms with E-state index in [-0.39, 0.29) is 12.1 Å². The number of piperidine rings is 1. The Morgan fingerprint density at radius 3 is 2.48 bits per heavy atom. The van der Waals surface area contributed by atoms with Crippen molar-refractivity contribution in [1.82, 2.24) is 19.8 Å². The topological polar surface area (TPSA) is 50.2 Å². The zero-order valence-corrected chi connectivity index (χ0v) is 14.6. The fraction of sp³-hybridized carbons (Fsp3) is 0.500. The van der Waals surface area contributed by atoms with Crippen molar-refractivity contribution in [2.45, 2.75) is 44.2 Å². The number of hydrogen-bond acceptors (Lipinski definition) is 2. The van der Waals surface area contributed by atoms with Crippen LogP contribution in [0, 0.1) is 5.92 Å². The molecule has 4 rings (SSSR count). The van der Waals surface area contributed by atoms with Crippen LogP contribution >= 0.6 is 0 Å². The summed E-state index contributed by atoms with van der Waals surface area (Å²) in [6, 6.07) is 11.1. The van der Waals surface area contributed by atoms with Gasteiger partial charge in [0.05, 0.1) is 12.4 Å². The highest BCUT2D eigenvalue weighted by molar-refractivity contribution is 5.75. The lowest BCUT2D eigenvalue weighted by atomic mass is 9.77. The van der Waals surface area contributed by atoms with Crippen molar-refractivity contribution in [1.29, 1.82) is 0 Å². The number of urea groups is 1. The summed E-state index contributed by atoms with van der Waals surface area (Å²) < 4.78 is 2.16. The monoisotopic (exact) mass is 338 g/mol. The molecule has 132 valence electrons. The van der Waals surface area contributed by atoms with Crippen LogP contribution in [0.25, 0.3) is 0 Å². The minimum Gasteiger partial charge on any atom is -0.334 e. The number of aromatic nitrogens is 2. The van der Waals surface area contributed by atoms with Crippen molar-refractivity contribution in [2.75, 3.05) is 13.1 Å². The van der Waals surface area contributed by atoms with E-state index in [4.69, 9.17) is 0 Å². The molecule has 0 bridgehead atoms. The van der Waals surface area contributed by atoms with Gasteiger partial charge in [-0.1, -0.05) is 36.8 Å². The van der Waals surface area contributed by atoms with Crippen molar-refractivity contribution >= 4 is 6.03 Å². The number of amides is 2. The molecule has 5 nitrogen and oxygen atoms in total. The van der Waals surface area contributed by atoms with Gasteiger partial charge >= 0.3 is 6.03 Å². The van der Waals surface area contributed by atoms with Crippen molar-refractivity contribution in [3.05, 3.63) is 54.6 Å². The van der Waals surface area contributed by atoms with E-state index in [1.54, 1.807) is 0 Å². The zero-order valence-electron chi connectivity index (χ0n) is 14.6. The van der Waals surface area contributed by atoms with Crippen LogP contribution in [0.3, 0.4) is 0 Å². The molecule has 2 fully saturated rings. The Morgan fingerprint density at radius 2 is 1.88 bits per heavy atom. The van der Waals surface area contributed by atoms with Crippen molar-refractivity contribution in [3.8, 4) is 0 Å². The highest BCUT2D eigenvalue weighted by Gasteiger charge is 2.32. The summed E-state index contributed by atoms with van der Waals surface area (Å²) in [4.78, 5) is 18.9. The number of hydrogen-bond donors (Lipinski definition) is 1. The van der Waals surface area contributed by atoms with Gasteiger partial charge in [0.2, 0.25) is 0 Å². The summed E-state index contributed by atoms with van der Waals surface area (Å²) in [6.45, 7) is 1.61. The average molecular weight is 338 g/mol. The van der Waals surface area contributed by atoms with Crippen LogP contribution < -0.4 is 5.32 Å². The second kappa shape index (κ2) is 7.30. The molecule has 1 aromatic carbocycles. The van der Waals surface area contributed by atoms with Gasteiger partial charge < -0.3 is 14.8 Å². The van der Waals surface area contributed by atoms with Crippen LogP contribution in [-0.2, 0) is 0 Å². The van der Waals surface area contributed by atoms with E-state index in [0.29, 0.717) is 12.0 Å². The second-order valence-corrected chi connectivity index (χ2v) is 7.26. The second-order valence-electron chi connectivity index (χ2n) is 7.26. The quantitative estimate of drug-likeness (QED) is 0.922. The van der Waals surface area contributed by atoms with Gasteiger partial charge in [0, 0.05) is 31.5 Å². The number of carbonyl (C=O) groups is 1. The summed E-state index contributed by atoms with van der Waals surface area (Å²) in [5, 5.41) is 3.32. The highest BCUT2D eigenvalue weighted by atomic mass is 16.2. The molecule has 2 heterocycles. The van der Waals surface area contributed by atoms with E-state index in [2.05, 4.69) is 39.1 Å². The van der Waals surface area contributed by atoms with Gasteiger partial charge in [-0.25, -0.2) is 9.78 Å². The van der Waals surface area contributed by atoms with E-state index in [9.17, 15) is 4.79 Å². The van der Waals surface area contributed by atoms with Crippen LogP contribution in [0.1, 0.15) is 49.8 Å². The number of nitrogens with one attached hydrogen (secondary N) is 1. The summed E-state index contributed by atoms with van der Waals surface area (Å²) in [6.07, 6.45) is 11.4. The number of benzene rings is 1. The Balaban J connectivity index is 1.37. The first-order valence-corrected chi connectivity index (χ1v) is 9.39. The van der Waals surface area contributed by atoms with Crippen molar-refractivity contribution in [3.63, 3.8) is 0 Å². The minimum atomic E-state index is 0.0878. The van der Waals surface area contributed by atoms with Gasteiger partial charge in [-0.2, -0.15) is 0 Å². The Labute approximate surface area is 149 Å². The van der Waals surface area contributed by atoms with Gasteiger partial charge in [-0.15, -0.1) is 0 Å². The van der Waals surface area contributed by atoms with E-state index in [0.717, 1.165) is 25.9 Å². The molecule has 1 N–H and O–H groups in total. The van der Waals surface area contributed by atoms with Crippen LogP contribution in [0.5, 0.6) is 0 Å². The maximum absolute atomic E-state index is 12.8. The van der Waals surface area contributed by atoms with E-state index in [1.165, 1.54) is 24.8 Å². The number of likely N-dealkylation sites (tertiary alicyclic amines) is 1. The lowest BCUT2D eigenvalue weighted by Gasteiger charge is -2.38. The lowest BCUT2D eigenvalue weighted by molar-refractivity contribution is 0.156. The van der Waals surface area contributed by atoms with Gasteiger partial charge in [-0.05, 0) is 37.2 Å². The van der Waals surface area contributed by atoms with E-state index in [1.807, 2.05) is 29.7 Å². The first-order chi connectivity index (χ1) is 12.3. The smallest absolute Gasteiger partial charge is 0.317 e. The minimum absolute atomic E-state index is 0.0878. The lowest BCUT2D eigenvalue weighted by Crippen LogP contribution is -2.47. The molecular weight excluding hydrogens is 312 g/mol. The summed E-state index contributed by atoms with van der Waals surface area (Å²) in [7, 11) is 0. The predicted octanol–water partition coefficient (Wildman–Crippen LogP) is 3.77. The molecule has 1 aliphatic carbocycles. The summed E-state index contributed by atoms with van der Waals surface area (Å²) in [5.41, 5.74) is 1.23. The Morgan fingerprint density at radius 1 is 1.12 bits per heavy atom. The molecule has 25 heavy (non-hydrogen) atoms. The Hall–Kier alpha value is -2.30. The third-order valence-electron chi connectivity index (χ3n) is 5.76. The standard InChI is InChI=1S/C20H26N4O/c25-20(23-12-9-18(10-13-23)24-14-11-21-15-24)22-19(17-7-4-8-17)16-5-2-1-3-6-16/h1-3,5-6,11,14-15,17-19H,4,7-10,12-13H2,(H,22,25). The molecule has 1 saturated heterocycles.